The van der Waals surface area contributed by atoms with E-state index in [0.29, 0.717) is 18.7 Å². The zero-order valence-electron chi connectivity index (χ0n) is 12.1. The molecule has 1 atom stereocenters. The van der Waals surface area contributed by atoms with Gasteiger partial charge in [0.05, 0.1) is 0 Å². The number of amides is 1. The molecule has 1 fully saturated rings. The van der Waals surface area contributed by atoms with E-state index in [0.717, 1.165) is 16.7 Å². The predicted molar refractivity (Wildman–Crippen MR) is 87.0 cm³/mol. The first-order chi connectivity index (χ1) is 10.6. The highest BCUT2D eigenvalue weighted by atomic mass is 32.2. The Hall–Kier alpha value is -1.95. The van der Waals surface area contributed by atoms with Crippen molar-refractivity contribution < 1.29 is 14.7 Å². The minimum atomic E-state index is -1.08. The van der Waals surface area contributed by atoms with Crippen LogP contribution in [-0.2, 0) is 16.1 Å². The van der Waals surface area contributed by atoms with Gasteiger partial charge in [-0.3, -0.25) is 4.79 Å². The summed E-state index contributed by atoms with van der Waals surface area (Å²) in [5.41, 5.74) is 0.000196. The highest BCUT2D eigenvalue weighted by Crippen LogP contribution is 2.28. The topological polar surface area (TPSA) is 71.3 Å². The van der Waals surface area contributed by atoms with Crippen molar-refractivity contribution in [2.24, 2.45) is 0 Å². The van der Waals surface area contributed by atoms with Crippen molar-refractivity contribution in [3.8, 4) is 0 Å². The Bertz CT molecular complexity index is 704. The second kappa shape index (κ2) is 6.04. The van der Waals surface area contributed by atoms with Gasteiger partial charge < -0.3 is 15.0 Å². The Kier molecular flexibility index (Phi) is 4.11. The Balaban J connectivity index is 1.64. The lowest BCUT2D eigenvalue weighted by atomic mass is 9.99. The number of benzene rings is 1. The van der Waals surface area contributed by atoms with Crippen LogP contribution in [0.25, 0.3) is 10.9 Å². The summed E-state index contributed by atoms with van der Waals surface area (Å²) in [4.78, 5) is 23.6. The quantitative estimate of drug-likeness (QED) is 0.886. The molecule has 1 aromatic carbocycles. The molecule has 0 aliphatic carbocycles. The second-order valence-electron chi connectivity index (χ2n) is 5.56. The van der Waals surface area contributed by atoms with Crippen molar-refractivity contribution in [2.75, 3.05) is 11.5 Å². The molecule has 3 rings (SSSR count). The maximum atomic E-state index is 12.1. The Morgan fingerprint density at radius 1 is 1.32 bits per heavy atom. The van der Waals surface area contributed by atoms with Gasteiger partial charge in [-0.1, -0.05) is 18.2 Å². The number of carbonyl (C=O) groups is 2. The number of nitrogens with one attached hydrogen (secondary N) is 1. The number of fused-ring (bicyclic) bond motifs is 1. The Labute approximate surface area is 132 Å². The van der Waals surface area contributed by atoms with E-state index in [-0.39, 0.29) is 12.3 Å². The maximum Gasteiger partial charge on any atom is 0.330 e. The lowest BCUT2D eigenvalue weighted by Gasteiger charge is -2.24. The monoisotopic (exact) mass is 318 g/mol. The van der Waals surface area contributed by atoms with E-state index in [9.17, 15) is 14.7 Å². The lowest BCUT2D eigenvalue weighted by molar-refractivity contribution is -0.146. The fourth-order valence-electron chi connectivity index (χ4n) is 2.77. The van der Waals surface area contributed by atoms with Gasteiger partial charge in [0, 0.05) is 30.4 Å². The molecule has 2 aromatic rings. The average Bonchev–Trinajstić information content (AvgIpc) is 3.13. The molecule has 0 spiro atoms. The van der Waals surface area contributed by atoms with Crippen molar-refractivity contribution in [3.63, 3.8) is 0 Å². The summed E-state index contributed by atoms with van der Waals surface area (Å²) in [6.07, 6.45) is 2.72. The summed E-state index contributed by atoms with van der Waals surface area (Å²) in [5.74, 6) is 0.0787. The van der Waals surface area contributed by atoms with Crippen LogP contribution in [0.1, 0.15) is 12.8 Å². The van der Waals surface area contributed by atoms with Crippen LogP contribution in [0.3, 0.4) is 0 Å². The summed E-state index contributed by atoms with van der Waals surface area (Å²) in [5, 5.41) is 13.2. The average molecular weight is 318 g/mol. The molecule has 116 valence electrons. The van der Waals surface area contributed by atoms with Crippen LogP contribution < -0.4 is 5.32 Å². The number of aryl methyl sites for hydroxylation is 1. The maximum absolute atomic E-state index is 12.1. The third kappa shape index (κ3) is 2.83. The van der Waals surface area contributed by atoms with Gasteiger partial charge in [-0.15, -0.1) is 0 Å². The molecule has 22 heavy (non-hydrogen) atoms. The minimum Gasteiger partial charge on any atom is -0.479 e. The molecule has 1 amide bonds. The van der Waals surface area contributed by atoms with Gasteiger partial charge in [0.1, 0.15) is 5.54 Å². The summed E-state index contributed by atoms with van der Waals surface area (Å²) >= 11 is 1.57. The standard InChI is InChI=1S/C16H18N2O3S/c19-14(17-16(15(20)21)7-10-22-11-16)6-9-18-8-5-12-3-1-2-4-13(12)18/h1-5,8H,6-7,9-11H2,(H,17,19)(H,20,21). The van der Waals surface area contributed by atoms with Gasteiger partial charge >= 0.3 is 5.97 Å². The van der Waals surface area contributed by atoms with E-state index >= 15 is 0 Å². The van der Waals surface area contributed by atoms with Crippen molar-refractivity contribution >= 4 is 34.5 Å². The van der Waals surface area contributed by atoms with Gasteiger partial charge in [0.15, 0.2) is 0 Å². The fourth-order valence-corrected chi connectivity index (χ4v) is 4.10. The van der Waals surface area contributed by atoms with Gasteiger partial charge in [-0.25, -0.2) is 4.79 Å². The summed E-state index contributed by atoms with van der Waals surface area (Å²) in [7, 11) is 0. The van der Waals surface area contributed by atoms with Gasteiger partial charge in [-0.2, -0.15) is 11.8 Å². The van der Waals surface area contributed by atoms with Crippen molar-refractivity contribution in [3.05, 3.63) is 36.5 Å². The molecule has 0 bridgehead atoms. The zero-order chi connectivity index (χ0) is 15.6. The van der Waals surface area contributed by atoms with Crippen LogP contribution in [0.2, 0.25) is 0 Å². The number of aliphatic carboxylic acids is 1. The number of para-hydroxylation sites is 1. The number of rotatable bonds is 5. The number of carboxylic acids is 1. The van der Waals surface area contributed by atoms with E-state index in [4.69, 9.17) is 0 Å². The molecule has 1 aliphatic rings. The van der Waals surface area contributed by atoms with Crippen LogP contribution in [0, 0.1) is 0 Å². The third-order valence-electron chi connectivity index (χ3n) is 4.07. The molecule has 1 unspecified atom stereocenters. The van der Waals surface area contributed by atoms with Crippen LogP contribution in [-0.4, -0.2) is 38.6 Å². The van der Waals surface area contributed by atoms with Crippen molar-refractivity contribution in [1.29, 1.82) is 0 Å². The molecule has 2 N–H and O–H groups in total. The molecule has 2 heterocycles. The number of thioether (sulfide) groups is 1. The zero-order valence-corrected chi connectivity index (χ0v) is 12.9. The molecule has 0 saturated carbocycles. The molecule has 1 saturated heterocycles. The normalized spacial score (nSPS) is 21.1. The Morgan fingerprint density at radius 3 is 2.86 bits per heavy atom. The SMILES string of the molecule is O=C(CCn1ccc2ccccc21)NC1(C(=O)O)CCSC1. The highest BCUT2D eigenvalue weighted by Gasteiger charge is 2.43. The lowest BCUT2D eigenvalue weighted by Crippen LogP contribution is -2.54. The summed E-state index contributed by atoms with van der Waals surface area (Å²) in [6, 6.07) is 10.0. The van der Waals surface area contributed by atoms with E-state index in [1.54, 1.807) is 11.8 Å². The number of carboxylic acid groups (broad SMARTS) is 1. The van der Waals surface area contributed by atoms with Crippen LogP contribution in [0.4, 0.5) is 0 Å². The first kappa shape index (κ1) is 15.0. The van der Waals surface area contributed by atoms with Crippen LogP contribution in [0.5, 0.6) is 0 Å². The first-order valence-electron chi connectivity index (χ1n) is 7.27. The minimum absolute atomic E-state index is 0.206. The molecule has 5 nitrogen and oxygen atoms in total. The highest BCUT2D eigenvalue weighted by molar-refractivity contribution is 7.99. The number of hydrogen-bond donors (Lipinski definition) is 2. The largest absolute Gasteiger partial charge is 0.479 e. The number of carbonyl (C=O) groups excluding carboxylic acids is 1. The molecular formula is C16H18N2O3S. The van der Waals surface area contributed by atoms with Crippen LogP contribution in [0.15, 0.2) is 36.5 Å². The van der Waals surface area contributed by atoms with Crippen LogP contribution >= 0.6 is 11.8 Å². The van der Waals surface area contributed by atoms with Gasteiger partial charge in [0.25, 0.3) is 0 Å². The van der Waals surface area contributed by atoms with Gasteiger partial charge in [-0.05, 0) is 29.7 Å². The van der Waals surface area contributed by atoms with E-state index < -0.39 is 11.5 Å². The van der Waals surface area contributed by atoms with E-state index in [1.807, 2.05) is 41.1 Å². The first-order valence-corrected chi connectivity index (χ1v) is 8.42. The molecular weight excluding hydrogens is 300 g/mol. The predicted octanol–water partition coefficient (Wildman–Crippen LogP) is 2.11. The van der Waals surface area contributed by atoms with Crippen molar-refractivity contribution in [1.82, 2.24) is 9.88 Å². The van der Waals surface area contributed by atoms with Gasteiger partial charge in [0.2, 0.25) is 5.91 Å². The second-order valence-corrected chi connectivity index (χ2v) is 6.66. The third-order valence-corrected chi connectivity index (χ3v) is 5.26. The smallest absolute Gasteiger partial charge is 0.330 e. The number of aromatic nitrogens is 1. The molecule has 1 aliphatic heterocycles. The Morgan fingerprint density at radius 2 is 2.14 bits per heavy atom. The summed E-state index contributed by atoms with van der Waals surface area (Å²) in [6.45, 7) is 0.544. The number of hydrogen-bond acceptors (Lipinski definition) is 3. The molecule has 0 radical (unpaired) electrons. The molecule has 1 aromatic heterocycles. The van der Waals surface area contributed by atoms with Crippen molar-refractivity contribution in [2.45, 2.75) is 24.9 Å². The fraction of sp³-hybridized carbons (Fsp3) is 0.375. The molecule has 6 heteroatoms. The van der Waals surface area contributed by atoms with E-state index in [1.165, 1.54) is 0 Å². The number of nitrogens with zero attached hydrogens (tertiary/aromatic N) is 1. The summed E-state index contributed by atoms with van der Waals surface area (Å²) < 4.78 is 2.02. The van der Waals surface area contributed by atoms with E-state index in [2.05, 4.69) is 5.32 Å².